The second kappa shape index (κ2) is 6.24. The first-order valence-corrected chi connectivity index (χ1v) is 5.05. The minimum Gasteiger partial charge on any atom is -0.305 e. The van der Waals surface area contributed by atoms with Crippen LogP contribution in [0.4, 0.5) is 0 Å². The summed E-state index contributed by atoms with van der Waals surface area (Å²) in [6.07, 6.45) is 11.3. The first-order chi connectivity index (χ1) is 5.56. The van der Waals surface area contributed by atoms with Crippen molar-refractivity contribution in [3.63, 3.8) is 0 Å². The van der Waals surface area contributed by atoms with E-state index in [1.807, 2.05) is 0 Å². The Morgan fingerprint density at radius 1 is 1.00 bits per heavy atom. The van der Waals surface area contributed by atoms with Gasteiger partial charge in [0, 0.05) is 0 Å². The number of hydrogen-bond donors (Lipinski definition) is 0. The molecule has 12 heavy (non-hydrogen) atoms. The largest absolute Gasteiger partial charge is 0.305 e. The monoisotopic (exact) mass is 170 g/mol. The van der Waals surface area contributed by atoms with Crippen LogP contribution in [0.1, 0.15) is 39.0 Å². The third-order valence-corrected chi connectivity index (χ3v) is 1.78. The molecule has 0 amide bonds. The quantitative estimate of drug-likeness (QED) is 0.424. The molecular formula is C11H24N+. The normalized spacial score (nSPS) is 12.7. The van der Waals surface area contributed by atoms with Gasteiger partial charge in [0.15, 0.2) is 0 Å². The van der Waals surface area contributed by atoms with Gasteiger partial charge in [0.2, 0.25) is 0 Å². The third kappa shape index (κ3) is 9.70. The number of hydrogen-bond acceptors (Lipinski definition) is 0. The van der Waals surface area contributed by atoms with Crippen LogP contribution >= 0.6 is 0 Å². The first-order valence-electron chi connectivity index (χ1n) is 5.05. The van der Waals surface area contributed by atoms with Crippen molar-refractivity contribution in [2.45, 2.75) is 39.0 Å². The molecule has 0 aliphatic rings. The van der Waals surface area contributed by atoms with E-state index in [1.54, 1.807) is 0 Å². The Labute approximate surface area is 77.7 Å². The Hall–Kier alpha value is -0.300. The number of quaternary nitrogens is 1. The molecule has 0 heterocycles. The molecule has 1 heteroatoms. The molecule has 0 saturated heterocycles. The molecule has 0 aromatic rings. The van der Waals surface area contributed by atoms with E-state index in [1.165, 1.54) is 32.1 Å². The molecule has 0 saturated carbocycles. The number of allylic oxidation sites excluding steroid dienone is 1. The van der Waals surface area contributed by atoms with E-state index in [0.717, 1.165) is 4.48 Å². The molecule has 0 aromatic heterocycles. The van der Waals surface area contributed by atoms with Gasteiger partial charge in [-0.15, -0.1) is 0 Å². The fraction of sp³-hybridized carbons (Fsp3) is 0.818. The van der Waals surface area contributed by atoms with Gasteiger partial charge in [0.25, 0.3) is 0 Å². The second-order valence-electron chi connectivity index (χ2n) is 4.35. The van der Waals surface area contributed by atoms with Crippen molar-refractivity contribution >= 4 is 0 Å². The smallest absolute Gasteiger partial charge is 0.0911 e. The highest BCUT2D eigenvalue weighted by molar-refractivity contribution is 4.72. The minimum atomic E-state index is 0.938. The lowest BCUT2D eigenvalue weighted by atomic mass is 10.1. The summed E-state index contributed by atoms with van der Waals surface area (Å²) in [6, 6.07) is 0. The Morgan fingerprint density at radius 3 is 2.17 bits per heavy atom. The van der Waals surface area contributed by atoms with Crippen molar-refractivity contribution in [1.29, 1.82) is 0 Å². The van der Waals surface area contributed by atoms with Crippen molar-refractivity contribution in [2.75, 3.05) is 21.1 Å². The van der Waals surface area contributed by atoms with Crippen LogP contribution in [0.25, 0.3) is 0 Å². The average molecular weight is 170 g/mol. The highest BCUT2D eigenvalue weighted by Crippen LogP contribution is 2.03. The standard InChI is InChI=1S/C11H24N/c1-5-6-7-8-9-10-11-12(2,3)4/h10-11H,5-9H2,1-4H3/q+1. The Morgan fingerprint density at radius 2 is 1.67 bits per heavy atom. The molecule has 0 aliphatic heterocycles. The van der Waals surface area contributed by atoms with E-state index in [-0.39, 0.29) is 0 Å². The maximum absolute atomic E-state index is 2.30. The van der Waals surface area contributed by atoms with Gasteiger partial charge >= 0.3 is 0 Å². The summed E-state index contributed by atoms with van der Waals surface area (Å²) in [6.45, 7) is 2.25. The van der Waals surface area contributed by atoms with Crippen LogP contribution in [0, 0.1) is 0 Å². The lowest BCUT2D eigenvalue weighted by Crippen LogP contribution is -2.26. The van der Waals surface area contributed by atoms with E-state index in [9.17, 15) is 0 Å². The predicted octanol–water partition coefficient (Wildman–Crippen LogP) is 3.18. The zero-order valence-corrected chi connectivity index (χ0v) is 9.14. The summed E-state index contributed by atoms with van der Waals surface area (Å²) < 4.78 is 0.938. The lowest BCUT2D eigenvalue weighted by Gasteiger charge is -2.17. The average Bonchev–Trinajstić information content (AvgIpc) is 1.94. The molecule has 0 fully saturated rings. The van der Waals surface area contributed by atoms with E-state index in [2.05, 4.69) is 40.3 Å². The molecular weight excluding hydrogens is 146 g/mol. The van der Waals surface area contributed by atoms with Crippen LogP contribution in [-0.2, 0) is 0 Å². The Balaban J connectivity index is 3.25. The molecule has 72 valence electrons. The summed E-state index contributed by atoms with van der Waals surface area (Å²) in [7, 11) is 6.55. The molecule has 0 bridgehead atoms. The van der Waals surface area contributed by atoms with Crippen molar-refractivity contribution in [3.8, 4) is 0 Å². The fourth-order valence-electron chi connectivity index (χ4n) is 1.08. The van der Waals surface area contributed by atoms with Gasteiger partial charge in [-0.25, -0.2) is 0 Å². The first kappa shape index (κ1) is 11.7. The van der Waals surface area contributed by atoms with E-state index >= 15 is 0 Å². The number of unbranched alkanes of at least 4 members (excludes halogenated alkanes) is 4. The summed E-state index contributed by atoms with van der Waals surface area (Å²) in [4.78, 5) is 0. The molecule has 1 nitrogen and oxygen atoms in total. The zero-order valence-electron chi connectivity index (χ0n) is 9.14. The van der Waals surface area contributed by atoms with E-state index in [4.69, 9.17) is 0 Å². The van der Waals surface area contributed by atoms with Crippen LogP contribution in [0.5, 0.6) is 0 Å². The van der Waals surface area contributed by atoms with E-state index in [0.29, 0.717) is 0 Å². The SMILES string of the molecule is CCCCCCC=C[N+](C)(C)C. The zero-order chi connectivity index (χ0) is 9.45. The summed E-state index contributed by atoms with van der Waals surface area (Å²) >= 11 is 0. The highest BCUT2D eigenvalue weighted by atomic mass is 15.3. The number of rotatable bonds is 6. The maximum atomic E-state index is 2.30. The van der Waals surface area contributed by atoms with Crippen molar-refractivity contribution in [2.24, 2.45) is 0 Å². The van der Waals surface area contributed by atoms with Gasteiger partial charge in [-0.2, -0.15) is 0 Å². The molecule has 0 aromatic carbocycles. The van der Waals surface area contributed by atoms with Gasteiger partial charge in [-0.3, -0.25) is 0 Å². The molecule has 0 N–H and O–H groups in total. The maximum Gasteiger partial charge on any atom is 0.0911 e. The van der Waals surface area contributed by atoms with Crippen molar-refractivity contribution in [3.05, 3.63) is 12.3 Å². The molecule has 0 unspecified atom stereocenters. The van der Waals surface area contributed by atoms with Crippen LogP contribution in [0.3, 0.4) is 0 Å². The van der Waals surface area contributed by atoms with Crippen molar-refractivity contribution in [1.82, 2.24) is 0 Å². The number of nitrogens with zero attached hydrogens (tertiary/aromatic N) is 1. The van der Waals surface area contributed by atoms with Crippen molar-refractivity contribution < 1.29 is 4.48 Å². The van der Waals surface area contributed by atoms with Gasteiger partial charge in [0.05, 0.1) is 27.3 Å². The topological polar surface area (TPSA) is 0 Å². The molecule has 0 spiro atoms. The Bertz CT molecular complexity index is 119. The van der Waals surface area contributed by atoms with Crippen LogP contribution in [0.15, 0.2) is 12.3 Å². The van der Waals surface area contributed by atoms with Gasteiger partial charge in [0.1, 0.15) is 0 Å². The summed E-state index contributed by atoms with van der Waals surface area (Å²) in [5, 5.41) is 0. The molecule has 0 atom stereocenters. The summed E-state index contributed by atoms with van der Waals surface area (Å²) in [5.41, 5.74) is 0. The summed E-state index contributed by atoms with van der Waals surface area (Å²) in [5.74, 6) is 0. The van der Waals surface area contributed by atoms with Gasteiger partial charge < -0.3 is 4.48 Å². The van der Waals surface area contributed by atoms with Crippen LogP contribution in [0.2, 0.25) is 0 Å². The van der Waals surface area contributed by atoms with Gasteiger partial charge in [-0.1, -0.05) is 26.2 Å². The predicted molar refractivity (Wildman–Crippen MR) is 55.9 cm³/mol. The lowest BCUT2D eigenvalue weighted by molar-refractivity contribution is -0.817. The minimum absolute atomic E-state index is 0.938. The third-order valence-electron chi connectivity index (χ3n) is 1.78. The molecule has 0 radical (unpaired) electrons. The molecule has 0 aliphatic carbocycles. The van der Waals surface area contributed by atoms with Gasteiger partial charge in [-0.05, 0) is 18.9 Å². The Kier molecular flexibility index (Phi) is 6.09. The fourth-order valence-corrected chi connectivity index (χ4v) is 1.08. The molecule has 0 rings (SSSR count). The highest BCUT2D eigenvalue weighted by Gasteiger charge is 1.97. The second-order valence-corrected chi connectivity index (χ2v) is 4.35. The van der Waals surface area contributed by atoms with Crippen LogP contribution < -0.4 is 0 Å². The van der Waals surface area contributed by atoms with E-state index < -0.39 is 0 Å². The van der Waals surface area contributed by atoms with Crippen LogP contribution in [-0.4, -0.2) is 25.6 Å².